The number of nitrogens with zero attached hydrogens (tertiary/aromatic N) is 1. The highest BCUT2D eigenvalue weighted by Gasteiger charge is 2.18. The number of rotatable bonds is 5. The van der Waals surface area contributed by atoms with Gasteiger partial charge in [0, 0.05) is 11.8 Å². The van der Waals surface area contributed by atoms with Crippen molar-refractivity contribution in [3.05, 3.63) is 38.7 Å². The number of aromatic amines is 1. The molecule has 0 atom stereocenters. The summed E-state index contributed by atoms with van der Waals surface area (Å²) in [6.07, 6.45) is 2.00. The van der Waals surface area contributed by atoms with Gasteiger partial charge in [0.25, 0.3) is 5.56 Å². The van der Waals surface area contributed by atoms with Crippen molar-refractivity contribution >= 4 is 17.6 Å². The van der Waals surface area contributed by atoms with Crippen LogP contribution in [0.3, 0.4) is 0 Å². The molecule has 0 aromatic carbocycles. The summed E-state index contributed by atoms with van der Waals surface area (Å²) in [5.74, 6) is -1.67. The average Bonchev–Trinajstić information content (AvgIpc) is 2.41. The molecule has 1 heterocycles. The lowest BCUT2D eigenvalue weighted by atomic mass is 10.3. The quantitative estimate of drug-likeness (QED) is 0.596. The standard InChI is InChI=1S/C13H16N2O6/c1-4-20-10(16)6-9(12(18)21-5-2)15-7-8(3)11(17)14-13(15)19/h6-7H,4-5H2,1-3H3,(H,14,17,19)/b9-6-. The maximum atomic E-state index is 11.9. The number of H-pyrrole nitrogens is 1. The number of hydrogen-bond acceptors (Lipinski definition) is 6. The Bertz CT molecular complexity index is 683. The molecule has 114 valence electrons. The lowest BCUT2D eigenvalue weighted by molar-refractivity contribution is -0.139. The summed E-state index contributed by atoms with van der Waals surface area (Å²) in [6, 6.07) is 0. The van der Waals surface area contributed by atoms with Crippen LogP contribution in [0.5, 0.6) is 0 Å². The van der Waals surface area contributed by atoms with Crippen LogP contribution in [0.2, 0.25) is 0 Å². The van der Waals surface area contributed by atoms with E-state index in [1.54, 1.807) is 13.8 Å². The van der Waals surface area contributed by atoms with Crippen LogP contribution in [0.1, 0.15) is 19.4 Å². The molecule has 0 aliphatic carbocycles. The summed E-state index contributed by atoms with van der Waals surface area (Å²) in [5, 5.41) is 0. The fourth-order valence-corrected chi connectivity index (χ4v) is 1.47. The van der Waals surface area contributed by atoms with Gasteiger partial charge in [0.15, 0.2) is 0 Å². The van der Waals surface area contributed by atoms with Gasteiger partial charge in [0.2, 0.25) is 0 Å². The second-order valence-electron chi connectivity index (χ2n) is 3.94. The van der Waals surface area contributed by atoms with E-state index in [-0.39, 0.29) is 24.5 Å². The molecule has 0 amide bonds. The Morgan fingerprint density at radius 1 is 1.24 bits per heavy atom. The minimum atomic E-state index is -0.876. The third kappa shape index (κ3) is 4.16. The van der Waals surface area contributed by atoms with Crippen molar-refractivity contribution in [2.75, 3.05) is 13.2 Å². The largest absolute Gasteiger partial charge is 0.463 e. The number of aryl methyl sites for hydroxylation is 1. The second kappa shape index (κ2) is 7.22. The van der Waals surface area contributed by atoms with Crippen LogP contribution in [0, 0.1) is 6.92 Å². The van der Waals surface area contributed by atoms with Crippen molar-refractivity contribution in [3.8, 4) is 0 Å². The Balaban J connectivity index is 3.41. The SMILES string of the molecule is CCOC(=O)/C=C(/C(=O)OCC)n1cc(C)c(=O)[nH]c1=O. The van der Waals surface area contributed by atoms with Crippen molar-refractivity contribution in [1.82, 2.24) is 9.55 Å². The van der Waals surface area contributed by atoms with Crippen molar-refractivity contribution < 1.29 is 19.1 Å². The molecule has 1 rings (SSSR count). The highest BCUT2D eigenvalue weighted by molar-refractivity contribution is 6.14. The average molecular weight is 296 g/mol. The van der Waals surface area contributed by atoms with Gasteiger partial charge >= 0.3 is 17.6 Å². The van der Waals surface area contributed by atoms with Gasteiger partial charge in [0.05, 0.1) is 19.3 Å². The number of aromatic nitrogens is 2. The lowest BCUT2D eigenvalue weighted by Gasteiger charge is -2.09. The molecule has 0 aliphatic rings. The fraction of sp³-hybridized carbons (Fsp3) is 0.385. The maximum Gasteiger partial charge on any atom is 0.355 e. The van der Waals surface area contributed by atoms with Gasteiger partial charge < -0.3 is 9.47 Å². The number of carbonyl (C=O) groups is 2. The van der Waals surface area contributed by atoms with Crippen LogP contribution < -0.4 is 11.2 Å². The monoisotopic (exact) mass is 296 g/mol. The Morgan fingerprint density at radius 2 is 1.86 bits per heavy atom. The molecule has 0 saturated heterocycles. The van der Waals surface area contributed by atoms with E-state index in [0.29, 0.717) is 0 Å². The van der Waals surface area contributed by atoms with Gasteiger partial charge in [-0.25, -0.2) is 14.4 Å². The molecule has 0 aliphatic heterocycles. The zero-order chi connectivity index (χ0) is 16.0. The highest BCUT2D eigenvalue weighted by atomic mass is 16.5. The molecule has 0 saturated carbocycles. The molecule has 0 unspecified atom stereocenters. The predicted octanol–water partition coefficient (Wildman–Crippen LogP) is -0.188. The first kappa shape index (κ1) is 16.4. The molecular formula is C13H16N2O6. The minimum Gasteiger partial charge on any atom is -0.463 e. The third-order valence-corrected chi connectivity index (χ3v) is 2.41. The first-order chi connectivity index (χ1) is 9.90. The van der Waals surface area contributed by atoms with Crippen molar-refractivity contribution in [2.45, 2.75) is 20.8 Å². The smallest absolute Gasteiger partial charge is 0.355 e. The number of hydrogen-bond donors (Lipinski definition) is 1. The topological polar surface area (TPSA) is 107 Å². The normalized spacial score (nSPS) is 11.1. The molecule has 8 heteroatoms. The Hall–Kier alpha value is -2.64. The third-order valence-electron chi connectivity index (χ3n) is 2.41. The summed E-state index contributed by atoms with van der Waals surface area (Å²) < 4.78 is 10.3. The van der Waals surface area contributed by atoms with Gasteiger partial charge in [0.1, 0.15) is 5.70 Å². The Labute approximate surface area is 120 Å². The number of nitrogens with one attached hydrogen (secondary N) is 1. The molecule has 21 heavy (non-hydrogen) atoms. The van der Waals surface area contributed by atoms with Gasteiger partial charge in [-0.2, -0.15) is 0 Å². The van der Waals surface area contributed by atoms with E-state index in [1.807, 2.05) is 4.98 Å². The Morgan fingerprint density at radius 3 is 2.43 bits per heavy atom. The van der Waals surface area contributed by atoms with Gasteiger partial charge in [-0.3, -0.25) is 14.3 Å². The number of carbonyl (C=O) groups excluding carboxylic acids is 2. The van der Waals surface area contributed by atoms with Crippen LogP contribution in [-0.2, 0) is 19.1 Å². The van der Waals surface area contributed by atoms with E-state index in [1.165, 1.54) is 6.92 Å². The van der Waals surface area contributed by atoms with Gasteiger partial charge in [-0.15, -0.1) is 0 Å². The van der Waals surface area contributed by atoms with Crippen molar-refractivity contribution in [1.29, 1.82) is 0 Å². The molecule has 1 aromatic heterocycles. The van der Waals surface area contributed by atoms with E-state index in [4.69, 9.17) is 9.47 Å². The molecule has 0 spiro atoms. The Kier molecular flexibility index (Phi) is 5.65. The van der Waals surface area contributed by atoms with Crippen LogP contribution in [-0.4, -0.2) is 34.7 Å². The van der Waals surface area contributed by atoms with Gasteiger partial charge in [-0.05, 0) is 20.8 Å². The molecule has 0 fully saturated rings. The molecule has 1 N–H and O–H groups in total. The van der Waals surface area contributed by atoms with Crippen LogP contribution >= 0.6 is 0 Å². The molecular weight excluding hydrogens is 280 g/mol. The van der Waals surface area contributed by atoms with Crippen LogP contribution in [0.25, 0.3) is 5.70 Å². The zero-order valence-corrected chi connectivity index (χ0v) is 12.0. The van der Waals surface area contributed by atoms with E-state index in [2.05, 4.69) is 0 Å². The van der Waals surface area contributed by atoms with Crippen LogP contribution in [0.4, 0.5) is 0 Å². The van der Waals surface area contributed by atoms with Crippen molar-refractivity contribution in [3.63, 3.8) is 0 Å². The highest BCUT2D eigenvalue weighted by Crippen LogP contribution is 2.05. The summed E-state index contributed by atoms with van der Waals surface area (Å²) >= 11 is 0. The summed E-state index contributed by atoms with van der Waals surface area (Å²) in [7, 11) is 0. The molecule has 0 bridgehead atoms. The molecule has 8 nitrogen and oxygen atoms in total. The second-order valence-corrected chi connectivity index (χ2v) is 3.94. The summed E-state index contributed by atoms with van der Waals surface area (Å²) in [5.41, 5.74) is -1.56. The predicted molar refractivity (Wildman–Crippen MR) is 73.6 cm³/mol. The van der Waals surface area contributed by atoms with Crippen molar-refractivity contribution in [2.24, 2.45) is 0 Å². The lowest BCUT2D eigenvalue weighted by Crippen LogP contribution is -2.33. The number of esters is 2. The molecule has 1 aromatic rings. The van der Waals surface area contributed by atoms with E-state index in [0.717, 1.165) is 16.8 Å². The van der Waals surface area contributed by atoms with E-state index >= 15 is 0 Å². The van der Waals surface area contributed by atoms with Crippen LogP contribution in [0.15, 0.2) is 21.9 Å². The van der Waals surface area contributed by atoms with Gasteiger partial charge in [-0.1, -0.05) is 0 Å². The number of ether oxygens (including phenoxy) is 2. The zero-order valence-electron chi connectivity index (χ0n) is 12.0. The minimum absolute atomic E-state index is 0.0656. The van der Waals surface area contributed by atoms with E-state index < -0.39 is 23.2 Å². The van der Waals surface area contributed by atoms with E-state index in [9.17, 15) is 19.2 Å². The maximum absolute atomic E-state index is 11.9. The first-order valence-corrected chi connectivity index (χ1v) is 6.29. The first-order valence-electron chi connectivity index (χ1n) is 6.29. The fourth-order valence-electron chi connectivity index (χ4n) is 1.47. The summed E-state index contributed by atoms with van der Waals surface area (Å²) in [4.78, 5) is 48.6. The summed E-state index contributed by atoms with van der Waals surface area (Å²) in [6.45, 7) is 4.83. The molecule has 0 radical (unpaired) electrons.